The van der Waals surface area contributed by atoms with Gasteiger partial charge in [0.1, 0.15) is 0 Å². The summed E-state index contributed by atoms with van der Waals surface area (Å²) >= 11 is 6.91. The standard InChI is InChI=1S/C24H23ClN2O4S/c1-15-12-26(13-16(2)31-15)22(28)19-7-3-5-17(9-19)11-21-23(29)27(24(30)32-21)14-18-6-4-8-20(25)10-18/h3-11,15-16H,12-14H2,1-2H3/b21-11-/t15-,16+. The highest BCUT2D eigenvalue weighted by Crippen LogP contribution is 2.33. The molecule has 0 aromatic heterocycles. The fourth-order valence-electron chi connectivity index (χ4n) is 3.89. The molecule has 0 spiro atoms. The first-order valence-corrected chi connectivity index (χ1v) is 11.5. The van der Waals surface area contributed by atoms with Crippen LogP contribution in [-0.4, -0.2) is 52.2 Å². The second-order valence-corrected chi connectivity index (χ2v) is 9.42. The van der Waals surface area contributed by atoms with Crippen LogP contribution in [0.3, 0.4) is 0 Å². The highest BCUT2D eigenvalue weighted by Gasteiger charge is 2.35. The topological polar surface area (TPSA) is 66.9 Å². The molecule has 2 heterocycles. The van der Waals surface area contributed by atoms with Crippen LogP contribution in [-0.2, 0) is 16.1 Å². The molecule has 8 heteroatoms. The highest BCUT2D eigenvalue weighted by molar-refractivity contribution is 8.18. The van der Waals surface area contributed by atoms with E-state index in [-0.39, 0.29) is 35.8 Å². The first-order valence-electron chi connectivity index (χ1n) is 10.3. The van der Waals surface area contributed by atoms with Crippen LogP contribution in [0, 0.1) is 0 Å². The molecule has 2 atom stereocenters. The normalized spacial score (nSPS) is 22.7. The zero-order chi connectivity index (χ0) is 22.8. The minimum absolute atomic E-state index is 0.0167. The molecule has 6 nitrogen and oxygen atoms in total. The largest absolute Gasteiger partial charge is 0.372 e. The maximum Gasteiger partial charge on any atom is 0.293 e. The van der Waals surface area contributed by atoms with Gasteiger partial charge in [-0.3, -0.25) is 19.3 Å². The van der Waals surface area contributed by atoms with Crippen LogP contribution in [0.4, 0.5) is 4.79 Å². The van der Waals surface area contributed by atoms with Crippen molar-refractivity contribution >= 4 is 46.5 Å². The lowest BCUT2D eigenvalue weighted by molar-refractivity contribution is -0.123. The maximum atomic E-state index is 13.0. The lowest BCUT2D eigenvalue weighted by atomic mass is 10.1. The van der Waals surface area contributed by atoms with Gasteiger partial charge in [-0.15, -0.1) is 0 Å². The van der Waals surface area contributed by atoms with Gasteiger partial charge in [0.25, 0.3) is 17.1 Å². The Labute approximate surface area is 196 Å². The fraction of sp³-hybridized carbons (Fsp3) is 0.292. The van der Waals surface area contributed by atoms with E-state index >= 15 is 0 Å². The Morgan fingerprint density at radius 3 is 2.56 bits per heavy atom. The van der Waals surface area contributed by atoms with Crippen LogP contribution in [0.5, 0.6) is 0 Å². The average Bonchev–Trinajstić information content (AvgIpc) is 3.00. The molecule has 32 heavy (non-hydrogen) atoms. The molecule has 2 aromatic carbocycles. The van der Waals surface area contributed by atoms with Gasteiger partial charge >= 0.3 is 0 Å². The third-order valence-corrected chi connectivity index (χ3v) is 6.38. The van der Waals surface area contributed by atoms with E-state index in [2.05, 4.69) is 0 Å². The molecular formula is C24H23ClN2O4S. The Kier molecular flexibility index (Phi) is 6.69. The highest BCUT2D eigenvalue weighted by atomic mass is 35.5. The van der Waals surface area contributed by atoms with Gasteiger partial charge in [0, 0.05) is 23.7 Å². The number of hydrogen-bond donors (Lipinski definition) is 0. The summed E-state index contributed by atoms with van der Waals surface area (Å²) in [4.78, 5) is 41.6. The molecule has 0 unspecified atom stereocenters. The van der Waals surface area contributed by atoms with Gasteiger partial charge in [0.2, 0.25) is 0 Å². The van der Waals surface area contributed by atoms with E-state index in [4.69, 9.17) is 16.3 Å². The quantitative estimate of drug-likeness (QED) is 0.599. The predicted molar refractivity (Wildman–Crippen MR) is 125 cm³/mol. The summed E-state index contributed by atoms with van der Waals surface area (Å²) in [6.07, 6.45) is 1.62. The van der Waals surface area contributed by atoms with Crippen molar-refractivity contribution in [3.63, 3.8) is 0 Å². The van der Waals surface area contributed by atoms with Gasteiger partial charge in [0.05, 0.1) is 23.7 Å². The van der Waals surface area contributed by atoms with E-state index in [1.54, 1.807) is 47.4 Å². The van der Waals surface area contributed by atoms with Crippen molar-refractivity contribution < 1.29 is 19.1 Å². The van der Waals surface area contributed by atoms with Gasteiger partial charge in [0.15, 0.2) is 0 Å². The first-order chi connectivity index (χ1) is 15.3. The van der Waals surface area contributed by atoms with E-state index in [0.29, 0.717) is 34.1 Å². The molecule has 0 N–H and O–H groups in total. The molecule has 166 valence electrons. The molecule has 2 saturated heterocycles. The zero-order valence-electron chi connectivity index (χ0n) is 17.8. The number of amides is 3. The fourth-order valence-corrected chi connectivity index (χ4v) is 4.94. The number of morpholine rings is 1. The SMILES string of the molecule is C[C@@H]1CN(C(=O)c2cccc(/C=C3\SC(=O)N(Cc4cccc(Cl)c4)C3=O)c2)C[C@H](C)O1. The Morgan fingerprint density at radius 1 is 1.12 bits per heavy atom. The summed E-state index contributed by atoms with van der Waals surface area (Å²) in [5.41, 5.74) is 2.01. The summed E-state index contributed by atoms with van der Waals surface area (Å²) in [5.74, 6) is -0.427. The molecule has 2 aliphatic heterocycles. The molecule has 0 radical (unpaired) electrons. The molecule has 2 aromatic rings. The number of carbonyl (C=O) groups is 3. The van der Waals surface area contributed by atoms with E-state index in [1.807, 2.05) is 26.0 Å². The van der Waals surface area contributed by atoms with Crippen molar-refractivity contribution in [3.8, 4) is 0 Å². The van der Waals surface area contributed by atoms with Crippen LogP contribution in [0.1, 0.15) is 35.3 Å². The minimum Gasteiger partial charge on any atom is -0.372 e. The zero-order valence-corrected chi connectivity index (χ0v) is 19.4. The second kappa shape index (κ2) is 9.48. The van der Waals surface area contributed by atoms with Crippen LogP contribution < -0.4 is 0 Å². The minimum atomic E-state index is -0.354. The summed E-state index contributed by atoms with van der Waals surface area (Å²) in [6, 6.07) is 14.2. The van der Waals surface area contributed by atoms with Gasteiger partial charge in [-0.2, -0.15) is 0 Å². The lowest BCUT2D eigenvalue weighted by Gasteiger charge is -2.35. The number of halogens is 1. The van der Waals surface area contributed by atoms with Crippen LogP contribution in [0.15, 0.2) is 53.4 Å². The number of nitrogens with zero attached hydrogens (tertiary/aromatic N) is 2. The molecule has 4 rings (SSSR count). The first kappa shape index (κ1) is 22.6. The molecule has 2 aliphatic rings. The molecular weight excluding hydrogens is 448 g/mol. The van der Waals surface area contributed by atoms with Crippen molar-refractivity contribution in [1.29, 1.82) is 0 Å². The van der Waals surface area contributed by atoms with Crippen molar-refractivity contribution in [2.75, 3.05) is 13.1 Å². The number of imide groups is 1. The molecule has 0 saturated carbocycles. The van der Waals surface area contributed by atoms with Gasteiger partial charge in [-0.1, -0.05) is 35.9 Å². The van der Waals surface area contributed by atoms with Crippen LogP contribution in [0.25, 0.3) is 6.08 Å². The molecule has 2 fully saturated rings. The Morgan fingerprint density at radius 2 is 1.84 bits per heavy atom. The van der Waals surface area contributed by atoms with Gasteiger partial charge in [-0.05, 0) is 67.1 Å². The number of rotatable bonds is 4. The Hall–Kier alpha value is -2.61. The van der Waals surface area contributed by atoms with Crippen molar-refractivity contribution in [2.24, 2.45) is 0 Å². The summed E-state index contributed by atoms with van der Waals surface area (Å²) < 4.78 is 5.71. The number of thioether (sulfide) groups is 1. The van der Waals surface area contributed by atoms with E-state index in [0.717, 1.165) is 17.3 Å². The van der Waals surface area contributed by atoms with Gasteiger partial charge in [-0.25, -0.2) is 0 Å². The third-order valence-electron chi connectivity index (χ3n) is 5.24. The number of ether oxygens (including phenoxy) is 1. The predicted octanol–water partition coefficient (Wildman–Crippen LogP) is 4.83. The van der Waals surface area contributed by atoms with Crippen molar-refractivity contribution in [1.82, 2.24) is 9.80 Å². The smallest absolute Gasteiger partial charge is 0.293 e. The van der Waals surface area contributed by atoms with Crippen molar-refractivity contribution in [2.45, 2.75) is 32.6 Å². The van der Waals surface area contributed by atoms with E-state index in [1.165, 1.54) is 4.90 Å². The van der Waals surface area contributed by atoms with Gasteiger partial charge < -0.3 is 9.64 Å². The molecule has 3 amide bonds. The Bertz CT molecular complexity index is 1090. The summed E-state index contributed by atoms with van der Waals surface area (Å²) in [7, 11) is 0. The monoisotopic (exact) mass is 470 g/mol. The summed E-state index contributed by atoms with van der Waals surface area (Å²) in [5, 5.41) is 0.222. The number of carbonyl (C=O) groups excluding carboxylic acids is 3. The molecule has 0 aliphatic carbocycles. The second-order valence-electron chi connectivity index (χ2n) is 7.99. The maximum absolute atomic E-state index is 13.0. The number of benzene rings is 2. The third kappa shape index (κ3) is 5.06. The molecule has 0 bridgehead atoms. The summed E-state index contributed by atoms with van der Waals surface area (Å²) in [6.45, 7) is 5.14. The van der Waals surface area contributed by atoms with Crippen molar-refractivity contribution in [3.05, 3.63) is 75.1 Å². The van der Waals surface area contributed by atoms with Crippen LogP contribution in [0.2, 0.25) is 5.02 Å². The van der Waals surface area contributed by atoms with Crippen LogP contribution >= 0.6 is 23.4 Å². The van der Waals surface area contributed by atoms with E-state index < -0.39 is 0 Å². The van der Waals surface area contributed by atoms with E-state index in [9.17, 15) is 14.4 Å². The Balaban J connectivity index is 1.51. The average molecular weight is 471 g/mol. The number of hydrogen-bond acceptors (Lipinski definition) is 5. The lowest BCUT2D eigenvalue weighted by Crippen LogP contribution is -2.48.